The third-order valence-corrected chi connectivity index (χ3v) is 1.15. The van der Waals surface area contributed by atoms with E-state index in [0.29, 0.717) is 10.7 Å². The first-order valence-corrected chi connectivity index (χ1v) is 2.89. The molecule has 1 amide bonds. The fourth-order valence-corrected chi connectivity index (χ4v) is 0.615. The number of carbonyl (C=O) groups is 1. The number of pyridine rings is 1. The van der Waals surface area contributed by atoms with Crippen LogP contribution in [0.5, 0.6) is 0 Å². The monoisotopic (exact) mass is 153 g/mol. The highest BCUT2D eigenvalue weighted by Crippen LogP contribution is 2.06. The fourth-order valence-electron chi connectivity index (χ4n) is 0.615. The Morgan fingerprint density at radius 2 is 2.09 bits per heavy atom. The number of rotatable bonds is 1. The van der Waals surface area contributed by atoms with E-state index in [9.17, 15) is 4.79 Å². The van der Waals surface area contributed by atoms with Gasteiger partial charge >= 0.3 is 6.09 Å². The average Bonchev–Trinajstić information content (AvgIpc) is 2.05. The van der Waals surface area contributed by atoms with Crippen LogP contribution >= 0.6 is 0 Å². The van der Waals surface area contributed by atoms with Gasteiger partial charge in [0.1, 0.15) is 0 Å². The van der Waals surface area contributed by atoms with E-state index < -0.39 is 6.09 Å². The quantitative estimate of drug-likeness (QED) is 0.348. The van der Waals surface area contributed by atoms with Crippen molar-refractivity contribution < 1.29 is 9.90 Å². The van der Waals surface area contributed by atoms with E-state index >= 15 is 0 Å². The van der Waals surface area contributed by atoms with Gasteiger partial charge in [-0.05, 0) is 12.1 Å². The number of hydrazine groups is 1. The van der Waals surface area contributed by atoms with E-state index in [1.54, 1.807) is 0 Å². The smallest absolute Gasteiger partial charge is 0.426 e. The van der Waals surface area contributed by atoms with E-state index in [-0.39, 0.29) is 0 Å². The molecule has 0 bridgehead atoms. The molecular weight excluding hydrogens is 146 g/mol. The molecule has 0 spiro atoms. The molecular formula is C6H7N3O2. The fraction of sp³-hybridized carbons (Fsp3) is 0. The Kier molecular flexibility index (Phi) is 2.03. The Hall–Kier alpha value is -1.62. The maximum Gasteiger partial charge on any atom is 0.426 e. The molecule has 5 nitrogen and oxygen atoms in total. The second-order valence-electron chi connectivity index (χ2n) is 1.86. The van der Waals surface area contributed by atoms with Crippen LogP contribution in [-0.2, 0) is 0 Å². The summed E-state index contributed by atoms with van der Waals surface area (Å²) < 4.78 is 0. The van der Waals surface area contributed by atoms with Crippen molar-refractivity contribution in [3.8, 4) is 0 Å². The molecule has 0 fully saturated rings. The predicted octanol–water partition coefficient (Wildman–Crippen LogP) is 0.440. The maximum absolute atomic E-state index is 10.3. The SMILES string of the molecule is NN(C(=O)O)c1ccncc1. The van der Waals surface area contributed by atoms with Crippen LogP contribution in [0.15, 0.2) is 24.5 Å². The molecule has 1 aromatic heterocycles. The number of anilines is 1. The van der Waals surface area contributed by atoms with Crippen LogP contribution < -0.4 is 10.9 Å². The van der Waals surface area contributed by atoms with Gasteiger partial charge in [-0.2, -0.15) is 0 Å². The largest absolute Gasteiger partial charge is 0.464 e. The summed E-state index contributed by atoms with van der Waals surface area (Å²) in [5.41, 5.74) is 0.396. The molecule has 0 aliphatic heterocycles. The second kappa shape index (κ2) is 2.98. The molecule has 0 aromatic carbocycles. The van der Waals surface area contributed by atoms with E-state index in [4.69, 9.17) is 10.9 Å². The number of nitrogens with two attached hydrogens (primary N) is 1. The van der Waals surface area contributed by atoms with Gasteiger partial charge in [-0.15, -0.1) is 0 Å². The van der Waals surface area contributed by atoms with Gasteiger partial charge in [0.15, 0.2) is 0 Å². The predicted molar refractivity (Wildman–Crippen MR) is 38.9 cm³/mol. The molecule has 58 valence electrons. The highest BCUT2D eigenvalue weighted by molar-refractivity contribution is 5.84. The van der Waals surface area contributed by atoms with Crippen molar-refractivity contribution in [3.05, 3.63) is 24.5 Å². The summed E-state index contributed by atoms with van der Waals surface area (Å²) in [6.45, 7) is 0. The van der Waals surface area contributed by atoms with Crippen molar-refractivity contribution in [2.75, 3.05) is 5.01 Å². The van der Waals surface area contributed by atoms with Gasteiger partial charge < -0.3 is 5.11 Å². The van der Waals surface area contributed by atoms with Gasteiger partial charge in [-0.1, -0.05) is 0 Å². The van der Waals surface area contributed by atoms with Crippen LogP contribution in [0.25, 0.3) is 0 Å². The van der Waals surface area contributed by atoms with Crippen LogP contribution in [0, 0.1) is 0 Å². The lowest BCUT2D eigenvalue weighted by atomic mass is 10.4. The van der Waals surface area contributed by atoms with Crippen molar-refractivity contribution in [3.63, 3.8) is 0 Å². The van der Waals surface area contributed by atoms with Gasteiger partial charge in [0, 0.05) is 12.4 Å². The lowest BCUT2D eigenvalue weighted by Gasteiger charge is -2.10. The van der Waals surface area contributed by atoms with Crippen LogP contribution in [0.2, 0.25) is 0 Å². The van der Waals surface area contributed by atoms with Gasteiger partial charge in [-0.3, -0.25) is 4.98 Å². The van der Waals surface area contributed by atoms with Crippen LogP contribution in [-0.4, -0.2) is 16.2 Å². The van der Waals surface area contributed by atoms with Gasteiger partial charge in [-0.25, -0.2) is 15.6 Å². The Bertz CT molecular complexity index is 249. The van der Waals surface area contributed by atoms with Gasteiger partial charge in [0.2, 0.25) is 0 Å². The Morgan fingerprint density at radius 3 is 2.55 bits per heavy atom. The molecule has 0 aliphatic carbocycles. The minimum Gasteiger partial charge on any atom is -0.464 e. The summed E-state index contributed by atoms with van der Waals surface area (Å²) in [7, 11) is 0. The van der Waals surface area contributed by atoms with Gasteiger partial charge in [0.05, 0.1) is 5.69 Å². The number of hydrogen-bond acceptors (Lipinski definition) is 3. The average molecular weight is 153 g/mol. The number of nitrogens with zero attached hydrogens (tertiary/aromatic N) is 2. The van der Waals surface area contributed by atoms with Crippen molar-refractivity contribution in [2.45, 2.75) is 0 Å². The number of amides is 1. The van der Waals surface area contributed by atoms with Crippen LogP contribution in [0.1, 0.15) is 0 Å². The minimum absolute atomic E-state index is 0.396. The molecule has 1 rings (SSSR count). The summed E-state index contributed by atoms with van der Waals surface area (Å²) in [5, 5.41) is 9.04. The second-order valence-corrected chi connectivity index (χ2v) is 1.86. The maximum atomic E-state index is 10.3. The summed E-state index contributed by atoms with van der Waals surface area (Å²) in [6.07, 6.45) is 1.74. The van der Waals surface area contributed by atoms with E-state index in [1.807, 2.05) is 0 Å². The molecule has 0 saturated heterocycles. The third-order valence-electron chi connectivity index (χ3n) is 1.15. The molecule has 3 N–H and O–H groups in total. The van der Waals surface area contributed by atoms with Crippen molar-refractivity contribution in [1.82, 2.24) is 4.98 Å². The molecule has 0 radical (unpaired) electrons. The first kappa shape index (κ1) is 7.49. The number of hydrogen-bond donors (Lipinski definition) is 2. The third kappa shape index (κ3) is 1.65. The molecule has 0 aliphatic rings. The first-order chi connectivity index (χ1) is 5.22. The van der Waals surface area contributed by atoms with Crippen LogP contribution in [0.4, 0.5) is 10.5 Å². The zero-order valence-corrected chi connectivity index (χ0v) is 5.64. The summed E-state index contributed by atoms with van der Waals surface area (Å²) in [4.78, 5) is 14.0. The Labute approximate surface area is 63.0 Å². The molecule has 11 heavy (non-hydrogen) atoms. The van der Waals surface area contributed by atoms with Crippen LogP contribution in [0.3, 0.4) is 0 Å². The van der Waals surface area contributed by atoms with E-state index in [0.717, 1.165) is 0 Å². The number of carboxylic acid groups (broad SMARTS) is 1. The summed E-state index contributed by atoms with van der Waals surface area (Å²) in [5.74, 6) is 5.14. The summed E-state index contributed by atoms with van der Waals surface area (Å²) >= 11 is 0. The molecule has 0 atom stereocenters. The van der Waals surface area contributed by atoms with Crippen molar-refractivity contribution in [2.24, 2.45) is 5.84 Å². The molecule has 1 aromatic rings. The highest BCUT2D eigenvalue weighted by atomic mass is 16.4. The zero-order chi connectivity index (χ0) is 8.27. The van der Waals surface area contributed by atoms with Gasteiger partial charge in [0.25, 0.3) is 0 Å². The lowest BCUT2D eigenvalue weighted by Crippen LogP contribution is -2.35. The molecule has 1 heterocycles. The highest BCUT2D eigenvalue weighted by Gasteiger charge is 2.06. The first-order valence-electron chi connectivity index (χ1n) is 2.89. The Balaban J connectivity index is 2.85. The topological polar surface area (TPSA) is 79.5 Å². The molecule has 0 saturated carbocycles. The van der Waals surface area contributed by atoms with Crippen molar-refractivity contribution >= 4 is 11.8 Å². The number of aromatic nitrogens is 1. The lowest BCUT2D eigenvalue weighted by molar-refractivity contribution is 0.202. The van der Waals surface area contributed by atoms with Crippen molar-refractivity contribution in [1.29, 1.82) is 0 Å². The Morgan fingerprint density at radius 1 is 1.55 bits per heavy atom. The molecule has 5 heteroatoms. The zero-order valence-electron chi connectivity index (χ0n) is 5.64. The van der Waals surface area contributed by atoms with E-state index in [2.05, 4.69) is 4.98 Å². The normalized spacial score (nSPS) is 9.18. The summed E-state index contributed by atoms with van der Waals surface area (Å²) in [6, 6.07) is 3.02. The van der Waals surface area contributed by atoms with E-state index in [1.165, 1.54) is 24.5 Å². The minimum atomic E-state index is -1.20. The molecule has 0 unspecified atom stereocenters. The standard InChI is InChI=1S/C6H7N3O2/c7-9(6(10)11)5-1-3-8-4-2-5/h1-4H,7H2,(H,10,11).